The van der Waals surface area contributed by atoms with Crippen LogP contribution < -0.4 is 5.56 Å². The third kappa shape index (κ3) is 2.10. The van der Waals surface area contributed by atoms with Crippen LogP contribution in [0.15, 0.2) is 29.5 Å². The van der Waals surface area contributed by atoms with Gasteiger partial charge >= 0.3 is 0 Å². The van der Waals surface area contributed by atoms with Crippen molar-refractivity contribution in [3.05, 3.63) is 35.0 Å². The summed E-state index contributed by atoms with van der Waals surface area (Å²) in [6, 6.07) is 1.88. The monoisotopic (exact) mass is 339 g/mol. The van der Waals surface area contributed by atoms with Crippen LogP contribution in [0.2, 0.25) is 0 Å². The van der Waals surface area contributed by atoms with Crippen molar-refractivity contribution in [1.82, 2.24) is 33.8 Å². The van der Waals surface area contributed by atoms with Crippen molar-refractivity contribution in [2.45, 2.75) is 33.0 Å². The van der Waals surface area contributed by atoms with Crippen LogP contribution in [0.1, 0.15) is 26.4 Å². The molecule has 0 saturated heterocycles. The highest BCUT2D eigenvalue weighted by molar-refractivity contribution is 6.02. The summed E-state index contributed by atoms with van der Waals surface area (Å²) in [6.07, 6.45) is 6.08. The summed E-state index contributed by atoms with van der Waals surface area (Å²) in [5.41, 5.74) is 2.28. The molecule has 1 atom stereocenters. The fourth-order valence-corrected chi connectivity index (χ4v) is 3.61. The Morgan fingerprint density at radius 2 is 1.96 bits per heavy atom. The van der Waals surface area contributed by atoms with Crippen LogP contribution in [0, 0.1) is 0 Å². The maximum Gasteiger partial charge on any atom is 0.283 e. The highest BCUT2D eigenvalue weighted by atomic mass is 16.1. The van der Waals surface area contributed by atoms with Crippen LogP contribution >= 0.6 is 0 Å². The number of hydrogen-bond acceptors (Lipinski definition) is 5. The molecule has 130 valence electrons. The minimum absolute atomic E-state index is 0.0814. The van der Waals surface area contributed by atoms with Gasteiger partial charge in [-0.15, -0.1) is 0 Å². The Hall–Kier alpha value is -2.74. The second-order valence-corrected chi connectivity index (χ2v) is 6.35. The molecule has 0 aliphatic carbocycles. The van der Waals surface area contributed by atoms with Gasteiger partial charge in [-0.3, -0.25) is 9.69 Å². The summed E-state index contributed by atoms with van der Waals surface area (Å²) in [4.78, 5) is 19.6. The Morgan fingerprint density at radius 1 is 1.16 bits per heavy atom. The van der Waals surface area contributed by atoms with E-state index in [1.54, 1.807) is 18.6 Å². The molecule has 0 aromatic carbocycles. The second-order valence-electron chi connectivity index (χ2n) is 6.35. The van der Waals surface area contributed by atoms with Gasteiger partial charge < -0.3 is 4.57 Å². The van der Waals surface area contributed by atoms with Crippen LogP contribution in [-0.4, -0.2) is 47.9 Å². The first-order valence-electron chi connectivity index (χ1n) is 8.47. The molecule has 4 aromatic heterocycles. The zero-order chi connectivity index (χ0) is 17.7. The molecule has 4 heterocycles. The summed E-state index contributed by atoms with van der Waals surface area (Å²) in [5.74, 6) is 0. The molecule has 0 bridgehead atoms. The van der Waals surface area contributed by atoms with Crippen molar-refractivity contribution < 1.29 is 0 Å². The molecule has 25 heavy (non-hydrogen) atoms. The molecule has 0 aliphatic heterocycles. The van der Waals surface area contributed by atoms with Crippen molar-refractivity contribution in [2.24, 2.45) is 0 Å². The van der Waals surface area contributed by atoms with Crippen LogP contribution in [-0.2, 0) is 6.54 Å². The Morgan fingerprint density at radius 3 is 2.64 bits per heavy atom. The minimum Gasteiger partial charge on any atom is -0.308 e. The van der Waals surface area contributed by atoms with Crippen LogP contribution in [0.25, 0.3) is 27.6 Å². The van der Waals surface area contributed by atoms with Crippen molar-refractivity contribution >= 4 is 27.6 Å². The Kier molecular flexibility index (Phi) is 3.57. The maximum atomic E-state index is 12.9. The van der Waals surface area contributed by atoms with Gasteiger partial charge in [0.2, 0.25) is 0 Å². The van der Waals surface area contributed by atoms with Gasteiger partial charge in [0.1, 0.15) is 5.65 Å². The van der Waals surface area contributed by atoms with Crippen molar-refractivity contribution in [2.75, 3.05) is 14.1 Å². The molecule has 0 saturated carbocycles. The van der Waals surface area contributed by atoms with E-state index in [2.05, 4.69) is 31.6 Å². The van der Waals surface area contributed by atoms with Gasteiger partial charge in [-0.2, -0.15) is 14.7 Å². The summed E-state index contributed by atoms with van der Waals surface area (Å²) in [5, 5.41) is 10.1. The quantitative estimate of drug-likeness (QED) is 0.568. The predicted molar refractivity (Wildman–Crippen MR) is 96.7 cm³/mol. The molecule has 0 N–H and O–H groups in total. The van der Waals surface area contributed by atoms with Crippen molar-refractivity contribution in [3.8, 4) is 0 Å². The molecule has 0 aliphatic rings. The summed E-state index contributed by atoms with van der Waals surface area (Å²) in [7, 11) is 4.08. The van der Waals surface area contributed by atoms with E-state index >= 15 is 0 Å². The smallest absolute Gasteiger partial charge is 0.283 e. The lowest BCUT2D eigenvalue weighted by Gasteiger charge is -2.28. The summed E-state index contributed by atoms with van der Waals surface area (Å²) in [6.45, 7) is 4.89. The average molecular weight is 339 g/mol. The number of aryl methyl sites for hydroxylation is 1. The summed E-state index contributed by atoms with van der Waals surface area (Å²) >= 11 is 0. The fourth-order valence-electron chi connectivity index (χ4n) is 3.61. The number of nitrogens with zero attached hydrogens (tertiary/aromatic N) is 7. The Labute approximate surface area is 144 Å². The zero-order valence-corrected chi connectivity index (χ0v) is 14.8. The van der Waals surface area contributed by atoms with Crippen molar-refractivity contribution in [1.29, 1.82) is 0 Å². The van der Waals surface area contributed by atoms with Gasteiger partial charge in [-0.05, 0) is 27.4 Å². The Balaban J connectivity index is 2.28. The fraction of sp³-hybridized carbons (Fsp3) is 0.412. The molecule has 4 aromatic rings. The first-order chi connectivity index (χ1) is 12.1. The van der Waals surface area contributed by atoms with E-state index in [1.807, 2.05) is 31.8 Å². The lowest BCUT2D eigenvalue weighted by atomic mass is 10.2. The molecule has 0 fully saturated rings. The van der Waals surface area contributed by atoms with E-state index in [0.717, 1.165) is 35.2 Å². The van der Waals surface area contributed by atoms with Gasteiger partial charge in [-0.1, -0.05) is 6.92 Å². The van der Waals surface area contributed by atoms with Gasteiger partial charge in [0.05, 0.1) is 34.8 Å². The minimum atomic E-state index is -0.154. The van der Waals surface area contributed by atoms with Gasteiger partial charge in [0.25, 0.3) is 5.56 Å². The van der Waals surface area contributed by atoms with Gasteiger partial charge in [0.15, 0.2) is 5.65 Å². The molecular weight excluding hydrogens is 318 g/mol. The van der Waals surface area contributed by atoms with Gasteiger partial charge in [0, 0.05) is 18.8 Å². The topological polar surface area (TPSA) is 73.2 Å². The highest BCUT2D eigenvalue weighted by Crippen LogP contribution is 2.28. The molecule has 1 unspecified atom stereocenters. The van der Waals surface area contributed by atoms with E-state index < -0.39 is 0 Å². The van der Waals surface area contributed by atoms with E-state index in [0.29, 0.717) is 5.39 Å². The molecule has 0 spiro atoms. The highest BCUT2D eigenvalue weighted by Gasteiger charge is 2.22. The molecule has 0 amide bonds. The van der Waals surface area contributed by atoms with E-state index in [4.69, 9.17) is 0 Å². The number of hydrogen-bond donors (Lipinski definition) is 0. The van der Waals surface area contributed by atoms with Gasteiger partial charge in [-0.25, -0.2) is 9.67 Å². The first kappa shape index (κ1) is 15.8. The zero-order valence-electron chi connectivity index (χ0n) is 14.8. The predicted octanol–water partition coefficient (Wildman–Crippen LogP) is 1.88. The normalized spacial score (nSPS) is 13.5. The third-order valence-electron chi connectivity index (χ3n) is 4.73. The van der Waals surface area contributed by atoms with E-state index in [-0.39, 0.29) is 11.7 Å². The SMILES string of the molecule is CCC(N(C)C)n1c2c(cnc3c2cnn3CC)c(=O)n2nccc12. The Bertz CT molecular complexity index is 1130. The molecule has 4 rings (SSSR count). The van der Waals surface area contributed by atoms with Crippen molar-refractivity contribution in [3.63, 3.8) is 0 Å². The largest absolute Gasteiger partial charge is 0.308 e. The number of pyridine rings is 1. The molecule has 8 heteroatoms. The second kappa shape index (κ2) is 5.66. The van der Waals surface area contributed by atoms with Crippen LogP contribution in [0.5, 0.6) is 0 Å². The van der Waals surface area contributed by atoms with E-state index in [9.17, 15) is 4.79 Å². The number of fused-ring (bicyclic) bond motifs is 4. The molecule has 0 radical (unpaired) electrons. The van der Waals surface area contributed by atoms with E-state index in [1.165, 1.54) is 4.52 Å². The van der Waals surface area contributed by atoms with Crippen LogP contribution in [0.3, 0.4) is 0 Å². The molecule has 8 nitrogen and oxygen atoms in total. The standard InChI is InChI=1S/C17H21N7O/c1-5-13(21(3)4)23-14-7-8-19-24(14)17(25)12-9-18-16-11(15(12)23)10-20-22(16)6-2/h7-10,13H,5-6H2,1-4H3. The average Bonchev–Trinajstić information content (AvgIpc) is 3.24. The first-order valence-corrected chi connectivity index (χ1v) is 8.47. The maximum absolute atomic E-state index is 12.9. The number of aromatic nitrogens is 6. The van der Waals surface area contributed by atoms with Crippen LogP contribution in [0.4, 0.5) is 0 Å². The molecular formula is C17H21N7O. The third-order valence-corrected chi connectivity index (χ3v) is 4.73. The number of rotatable bonds is 4. The summed E-state index contributed by atoms with van der Waals surface area (Å²) < 4.78 is 5.47. The lowest BCUT2D eigenvalue weighted by molar-refractivity contribution is 0.219. The lowest BCUT2D eigenvalue weighted by Crippen LogP contribution is -2.29.